The fraction of sp³-hybridized carbons (Fsp3) is 0.500. The largest absolute Gasteiger partial charge is 0.480 e. The van der Waals surface area contributed by atoms with Gasteiger partial charge in [0.05, 0.1) is 0 Å². The standard InChI is InChI=1S/C14H18BrNO2S/c1-2-16-14(13(17)18,10-6-7-10)9-19-12-5-3-4-11(15)8-12/h3-5,8,10,16H,2,6-7,9H2,1H3,(H,17,18). The molecule has 0 spiro atoms. The molecule has 0 aromatic heterocycles. The number of rotatable bonds is 7. The Balaban J connectivity index is 2.10. The Labute approximate surface area is 126 Å². The van der Waals surface area contributed by atoms with E-state index in [2.05, 4.69) is 21.2 Å². The van der Waals surface area contributed by atoms with Crippen molar-refractivity contribution in [3.63, 3.8) is 0 Å². The van der Waals surface area contributed by atoms with Crippen LogP contribution >= 0.6 is 27.7 Å². The summed E-state index contributed by atoms with van der Waals surface area (Å²) in [6.45, 7) is 2.64. The van der Waals surface area contributed by atoms with Crippen LogP contribution in [-0.2, 0) is 4.79 Å². The Bertz CT molecular complexity index is 465. The summed E-state index contributed by atoms with van der Waals surface area (Å²) in [7, 11) is 0. The van der Waals surface area contributed by atoms with Gasteiger partial charge in [-0.1, -0.05) is 28.9 Å². The van der Waals surface area contributed by atoms with Gasteiger partial charge in [-0.25, -0.2) is 0 Å². The summed E-state index contributed by atoms with van der Waals surface area (Å²) >= 11 is 5.04. The highest BCUT2D eigenvalue weighted by Gasteiger charge is 2.50. The molecule has 3 nitrogen and oxygen atoms in total. The molecule has 1 aliphatic rings. The number of halogens is 1. The van der Waals surface area contributed by atoms with Crippen LogP contribution in [0.3, 0.4) is 0 Å². The quantitative estimate of drug-likeness (QED) is 0.745. The molecule has 5 heteroatoms. The minimum absolute atomic E-state index is 0.268. The predicted octanol–water partition coefficient (Wildman–Crippen LogP) is 3.38. The minimum atomic E-state index is -0.776. The summed E-state index contributed by atoms with van der Waals surface area (Å²) in [5.41, 5.74) is -0.776. The Kier molecular flexibility index (Phi) is 4.92. The van der Waals surface area contributed by atoms with Crippen LogP contribution in [0, 0.1) is 5.92 Å². The Hall–Kier alpha value is -0.520. The second kappa shape index (κ2) is 6.29. The summed E-state index contributed by atoms with van der Waals surface area (Å²) in [6, 6.07) is 7.98. The smallest absolute Gasteiger partial charge is 0.325 e. The molecule has 104 valence electrons. The fourth-order valence-corrected chi connectivity index (χ4v) is 4.06. The van der Waals surface area contributed by atoms with Gasteiger partial charge in [0.15, 0.2) is 0 Å². The van der Waals surface area contributed by atoms with Crippen molar-refractivity contribution in [2.45, 2.75) is 30.2 Å². The molecule has 0 saturated heterocycles. The highest BCUT2D eigenvalue weighted by atomic mass is 79.9. The molecule has 0 amide bonds. The maximum absolute atomic E-state index is 11.7. The van der Waals surface area contributed by atoms with Crippen molar-refractivity contribution in [3.05, 3.63) is 28.7 Å². The zero-order valence-electron chi connectivity index (χ0n) is 10.9. The summed E-state index contributed by atoms with van der Waals surface area (Å²) < 4.78 is 1.02. The predicted molar refractivity (Wildman–Crippen MR) is 81.6 cm³/mol. The molecule has 2 N–H and O–H groups in total. The summed E-state index contributed by atoms with van der Waals surface area (Å²) in [4.78, 5) is 12.8. The highest BCUT2D eigenvalue weighted by molar-refractivity contribution is 9.10. The number of carbonyl (C=O) groups is 1. The van der Waals surface area contributed by atoms with Gasteiger partial charge in [-0.3, -0.25) is 4.79 Å². The molecule has 19 heavy (non-hydrogen) atoms. The van der Waals surface area contributed by atoms with Crippen LogP contribution in [0.2, 0.25) is 0 Å². The van der Waals surface area contributed by atoms with Gasteiger partial charge in [0.1, 0.15) is 5.54 Å². The first kappa shape index (κ1) is 14.9. The van der Waals surface area contributed by atoms with Crippen LogP contribution in [0.15, 0.2) is 33.6 Å². The molecule has 0 heterocycles. The molecule has 1 atom stereocenters. The molecule has 0 bridgehead atoms. The molecule has 0 aliphatic heterocycles. The average Bonchev–Trinajstić information content (AvgIpc) is 3.19. The van der Waals surface area contributed by atoms with Gasteiger partial charge in [-0.2, -0.15) is 0 Å². The molecule has 1 aromatic carbocycles. The number of carboxylic acid groups (broad SMARTS) is 1. The Morgan fingerprint density at radius 1 is 1.58 bits per heavy atom. The second-order valence-electron chi connectivity index (χ2n) is 4.83. The van der Waals surface area contributed by atoms with Crippen LogP contribution in [0.5, 0.6) is 0 Å². The van der Waals surface area contributed by atoms with E-state index in [9.17, 15) is 9.90 Å². The van der Waals surface area contributed by atoms with Gasteiger partial charge >= 0.3 is 5.97 Å². The van der Waals surface area contributed by atoms with Gasteiger partial charge in [0.2, 0.25) is 0 Å². The first-order valence-corrected chi connectivity index (χ1v) is 8.23. The zero-order valence-corrected chi connectivity index (χ0v) is 13.3. The van der Waals surface area contributed by atoms with Crippen molar-refractivity contribution in [2.75, 3.05) is 12.3 Å². The normalized spacial score (nSPS) is 18.0. The van der Waals surface area contributed by atoms with E-state index in [-0.39, 0.29) is 5.92 Å². The number of hydrogen-bond acceptors (Lipinski definition) is 3. The SMILES string of the molecule is CCNC(CSc1cccc(Br)c1)(C(=O)O)C1CC1. The number of carboxylic acids is 1. The minimum Gasteiger partial charge on any atom is -0.480 e. The monoisotopic (exact) mass is 343 g/mol. The topological polar surface area (TPSA) is 49.3 Å². The van der Waals surface area contributed by atoms with E-state index < -0.39 is 11.5 Å². The third-order valence-electron chi connectivity index (χ3n) is 3.41. The third-order valence-corrected chi connectivity index (χ3v) is 5.09. The lowest BCUT2D eigenvalue weighted by atomic mass is 9.96. The Morgan fingerprint density at radius 2 is 2.32 bits per heavy atom. The first-order valence-electron chi connectivity index (χ1n) is 6.45. The van der Waals surface area contributed by atoms with Crippen molar-refractivity contribution in [1.82, 2.24) is 5.32 Å². The van der Waals surface area contributed by atoms with E-state index in [0.717, 1.165) is 22.2 Å². The average molecular weight is 344 g/mol. The van der Waals surface area contributed by atoms with E-state index in [4.69, 9.17) is 0 Å². The third kappa shape index (κ3) is 3.52. The molecule has 0 radical (unpaired) electrons. The molecule has 2 rings (SSSR count). The van der Waals surface area contributed by atoms with Crippen LogP contribution in [0.1, 0.15) is 19.8 Å². The maximum atomic E-state index is 11.7. The fourth-order valence-electron chi connectivity index (χ4n) is 2.27. The molecule has 1 fully saturated rings. The summed E-state index contributed by atoms with van der Waals surface area (Å²) in [5, 5.41) is 12.8. The number of aliphatic carboxylic acids is 1. The Morgan fingerprint density at radius 3 is 2.84 bits per heavy atom. The van der Waals surface area contributed by atoms with Crippen molar-refractivity contribution in [2.24, 2.45) is 5.92 Å². The second-order valence-corrected chi connectivity index (χ2v) is 6.79. The lowest BCUT2D eigenvalue weighted by Crippen LogP contribution is -2.56. The molecule has 1 saturated carbocycles. The summed E-state index contributed by atoms with van der Waals surface area (Å²) in [5.74, 6) is 0.112. The van der Waals surface area contributed by atoms with Gasteiger partial charge in [-0.05, 0) is 43.5 Å². The van der Waals surface area contributed by atoms with Crippen molar-refractivity contribution < 1.29 is 9.90 Å². The first-order chi connectivity index (χ1) is 9.08. The number of hydrogen-bond donors (Lipinski definition) is 2. The van der Waals surface area contributed by atoms with Gasteiger partial charge in [-0.15, -0.1) is 11.8 Å². The summed E-state index contributed by atoms with van der Waals surface area (Å²) in [6.07, 6.45) is 2.02. The van der Waals surface area contributed by atoms with Crippen molar-refractivity contribution >= 4 is 33.7 Å². The maximum Gasteiger partial charge on any atom is 0.325 e. The van der Waals surface area contributed by atoms with Gasteiger partial charge < -0.3 is 10.4 Å². The van der Waals surface area contributed by atoms with Crippen molar-refractivity contribution in [1.29, 1.82) is 0 Å². The number of nitrogens with one attached hydrogen (secondary N) is 1. The van der Waals surface area contributed by atoms with E-state index >= 15 is 0 Å². The van der Waals surface area contributed by atoms with Crippen molar-refractivity contribution in [3.8, 4) is 0 Å². The lowest BCUT2D eigenvalue weighted by Gasteiger charge is -2.30. The lowest BCUT2D eigenvalue weighted by molar-refractivity contribution is -0.144. The number of benzene rings is 1. The van der Waals surface area contributed by atoms with Gasteiger partial charge in [0, 0.05) is 15.1 Å². The van der Waals surface area contributed by atoms with Crippen LogP contribution < -0.4 is 5.32 Å². The molecule has 1 unspecified atom stereocenters. The van der Waals surface area contributed by atoms with Gasteiger partial charge in [0.25, 0.3) is 0 Å². The molecular weight excluding hydrogens is 326 g/mol. The molecule has 1 aromatic rings. The van der Waals surface area contributed by atoms with Crippen LogP contribution in [0.25, 0.3) is 0 Å². The van der Waals surface area contributed by atoms with E-state index in [0.29, 0.717) is 12.3 Å². The van der Waals surface area contributed by atoms with Crippen LogP contribution in [-0.4, -0.2) is 28.9 Å². The molecule has 1 aliphatic carbocycles. The zero-order chi connectivity index (χ0) is 13.9. The molecular formula is C14H18BrNO2S. The highest BCUT2D eigenvalue weighted by Crippen LogP contribution is 2.42. The van der Waals surface area contributed by atoms with Crippen LogP contribution in [0.4, 0.5) is 0 Å². The number of thioether (sulfide) groups is 1. The number of likely N-dealkylation sites (N-methyl/N-ethyl adjacent to an activating group) is 1. The van der Waals surface area contributed by atoms with E-state index in [1.165, 1.54) is 0 Å². The van der Waals surface area contributed by atoms with E-state index in [1.807, 2.05) is 31.2 Å². The van der Waals surface area contributed by atoms with E-state index in [1.54, 1.807) is 11.8 Å².